The number of amides is 1. The lowest BCUT2D eigenvalue weighted by Crippen LogP contribution is -2.24. The van der Waals surface area contributed by atoms with E-state index in [9.17, 15) is 9.18 Å². The standard InChI is InChI=1S/C20H23FN6O2/c1-13-18(14(2)27(24-13)16-7-5-15(21)6-8-16)10-22-20(28)19-12-26(25-23-19)11-17-4-3-9-29-17/h5-8,12,17H,3-4,9-11H2,1-2H3,(H,22,28)/t17-/m1/s1. The first kappa shape index (κ1) is 19.3. The Morgan fingerprint density at radius 3 is 2.83 bits per heavy atom. The van der Waals surface area contributed by atoms with Gasteiger partial charge in [-0.1, -0.05) is 5.21 Å². The van der Waals surface area contributed by atoms with E-state index >= 15 is 0 Å². The Kier molecular flexibility index (Phi) is 5.39. The van der Waals surface area contributed by atoms with Gasteiger partial charge in [-0.3, -0.25) is 4.79 Å². The molecule has 1 aromatic carbocycles. The zero-order chi connectivity index (χ0) is 20.4. The van der Waals surface area contributed by atoms with Gasteiger partial charge in [-0.25, -0.2) is 13.8 Å². The molecule has 1 fully saturated rings. The Labute approximate surface area is 167 Å². The fourth-order valence-electron chi connectivity index (χ4n) is 3.51. The second-order valence-corrected chi connectivity index (χ2v) is 7.18. The van der Waals surface area contributed by atoms with Gasteiger partial charge in [0.2, 0.25) is 0 Å². The van der Waals surface area contributed by atoms with E-state index in [1.54, 1.807) is 27.7 Å². The van der Waals surface area contributed by atoms with Gasteiger partial charge in [-0.05, 0) is 51.0 Å². The minimum absolute atomic E-state index is 0.134. The van der Waals surface area contributed by atoms with Crippen molar-refractivity contribution in [3.05, 3.63) is 58.9 Å². The van der Waals surface area contributed by atoms with Crippen LogP contribution in [0, 0.1) is 19.7 Å². The summed E-state index contributed by atoms with van der Waals surface area (Å²) in [6, 6.07) is 6.13. The monoisotopic (exact) mass is 398 g/mol. The minimum Gasteiger partial charge on any atom is -0.376 e. The third kappa shape index (κ3) is 4.19. The average Bonchev–Trinajstić information content (AvgIpc) is 3.44. The largest absolute Gasteiger partial charge is 0.376 e. The predicted octanol–water partition coefficient (Wildman–Crippen LogP) is 2.33. The molecule has 0 spiro atoms. The maximum atomic E-state index is 13.2. The lowest BCUT2D eigenvalue weighted by Gasteiger charge is -2.07. The highest BCUT2D eigenvalue weighted by atomic mass is 19.1. The van der Waals surface area contributed by atoms with Crippen LogP contribution in [0.4, 0.5) is 4.39 Å². The van der Waals surface area contributed by atoms with Crippen LogP contribution in [0.15, 0.2) is 30.5 Å². The summed E-state index contributed by atoms with van der Waals surface area (Å²) < 4.78 is 22.2. The van der Waals surface area contributed by atoms with Crippen molar-refractivity contribution in [2.75, 3.05) is 6.61 Å². The van der Waals surface area contributed by atoms with Gasteiger partial charge in [0, 0.05) is 24.4 Å². The lowest BCUT2D eigenvalue weighted by atomic mass is 10.2. The first-order valence-corrected chi connectivity index (χ1v) is 9.62. The maximum absolute atomic E-state index is 13.2. The quantitative estimate of drug-likeness (QED) is 0.689. The molecule has 0 unspecified atom stereocenters. The van der Waals surface area contributed by atoms with Crippen LogP contribution in [0.2, 0.25) is 0 Å². The van der Waals surface area contributed by atoms with Crippen molar-refractivity contribution >= 4 is 5.91 Å². The van der Waals surface area contributed by atoms with Gasteiger partial charge in [0.15, 0.2) is 5.69 Å². The van der Waals surface area contributed by atoms with E-state index in [0.717, 1.165) is 42.1 Å². The number of benzene rings is 1. The van der Waals surface area contributed by atoms with Gasteiger partial charge in [-0.15, -0.1) is 5.10 Å². The Bertz CT molecular complexity index is 1000. The van der Waals surface area contributed by atoms with Gasteiger partial charge in [0.25, 0.3) is 5.91 Å². The number of carbonyl (C=O) groups excluding carboxylic acids is 1. The highest BCUT2D eigenvalue weighted by Crippen LogP contribution is 2.18. The molecule has 2 aromatic heterocycles. The fourth-order valence-corrected chi connectivity index (χ4v) is 3.51. The number of ether oxygens (including phenoxy) is 1. The Morgan fingerprint density at radius 2 is 2.10 bits per heavy atom. The van der Waals surface area contributed by atoms with E-state index in [4.69, 9.17) is 4.74 Å². The number of nitrogens with one attached hydrogen (secondary N) is 1. The van der Waals surface area contributed by atoms with Crippen LogP contribution in [-0.2, 0) is 17.8 Å². The molecule has 0 bridgehead atoms. The highest BCUT2D eigenvalue weighted by molar-refractivity contribution is 5.91. The summed E-state index contributed by atoms with van der Waals surface area (Å²) >= 11 is 0. The van der Waals surface area contributed by atoms with Crippen LogP contribution in [-0.4, -0.2) is 43.4 Å². The van der Waals surface area contributed by atoms with Crippen LogP contribution in [0.3, 0.4) is 0 Å². The fraction of sp³-hybridized carbons (Fsp3) is 0.400. The second kappa shape index (κ2) is 8.12. The Hall–Kier alpha value is -3.07. The molecule has 1 aliphatic heterocycles. The van der Waals surface area contributed by atoms with Crippen molar-refractivity contribution in [2.24, 2.45) is 0 Å². The summed E-state index contributed by atoms with van der Waals surface area (Å²) in [5.41, 5.74) is 3.63. The summed E-state index contributed by atoms with van der Waals surface area (Å²) in [4.78, 5) is 12.5. The molecule has 3 aromatic rings. The molecular weight excluding hydrogens is 375 g/mol. The van der Waals surface area contributed by atoms with Crippen LogP contribution >= 0.6 is 0 Å². The number of nitrogens with zero attached hydrogens (tertiary/aromatic N) is 5. The van der Waals surface area contributed by atoms with Crippen LogP contribution < -0.4 is 5.32 Å². The predicted molar refractivity (Wildman–Crippen MR) is 103 cm³/mol. The summed E-state index contributed by atoms with van der Waals surface area (Å²) in [6.45, 7) is 5.49. The summed E-state index contributed by atoms with van der Waals surface area (Å²) in [6.07, 6.45) is 3.82. The number of halogens is 1. The number of carbonyl (C=O) groups is 1. The van der Waals surface area contributed by atoms with E-state index in [0.29, 0.717) is 13.1 Å². The molecule has 4 rings (SSSR count). The Morgan fingerprint density at radius 1 is 1.31 bits per heavy atom. The number of aryl methyl sites for hydroxylation is 1. The van der Waals surface area contributed by atoms with Crippen molar-refractivity contribution in [1.82, 2.24) is 30.1 Å². The zero-order valence-electron chi connectivity index (χ0n) is 16.4. The molecule has 1 amide bonds. The van der Waals surface area contributed by atoms with Crippen molar-refractivity contribution < 1.29 is 13.9 Å². The number of rotatable bonds is 6. The maximum Gasteiger partial charge on any atom is 0.273 e. The number of aromatic nitrogens is 5. The zero-order valence-corrected chi connectivity index (χ0v) is 16.4. The smallest absolute Gasteiger partial charge is 0.273 e. The molecule has 29 heavy (non-hydrogen) atoms. The molecule has 0 radical (unpaired) electrons. The molecule has 152 valence electrons. The molecule has 8 nitrogen and oxygen atoms in total. The molecule has 0 aliphatic carbocycles. The normalized spacial score (nSPS) is 16.3. The summed E-state index contributed by atoms with van der Waals surface area (Å²) in [5.74, 6) is -0.591. The molecule has 9 heteroatoms. The number of hydrogen-bond acceptors (Lipinski definition) is 5. The summed E-state index contributed by atoms with van der Waals surface area (Å²) in [5, 5.41) is 15.4. The summed E-state index contributed by atoms with van der Waals surface area (Å²) in [7, 11) is 0. The van der Waals surface area contributed by atoms with Crippen molar-refractivity contribution in [2.45, 2.75) is 45.9 Å². The molecule has 1 N–H and O–H groups in total. The highest BCUT2D eigenvalue weighted by Gasteiger charge is 2.19. The van der Waals surface area contributed by atoms with Gasteiger partial charge in [-0.2, -0.15) is 5.10 Å². The number of hydrogen-bond donors (Lipinski definition) is 1. The lowest BCUT2D eigenvalue weighted by molar-refractivity contribution is 0.0929. The van der Waals surface area contributed by atoms with Crippen molar-refractivity contribution in [3.8, 4) is 5.69 Å². The molecule has 0 saturated carbocycles. The van der Waals surface area contributed by atoms with Crippen LogP contribution in [0.1, 0.15) is 40.3 Å². The van der Waals surface area contributed by atoms with Gasteiger partial charge in [0.1, 0.15) is 5.82 Å². The van der Waals surface area contributed by atoms with E-state index in [1.165, 1.54) is 12.1 Å². The van der Waals surface area contributed by atoms with Gasteiger partial charge < -0.3 is 10.1 Å². The molecule has 1 saturated heterocycles. The topological polar surface area (TPSA) is 86.9 Å². The third-order valence-electron chi connectivity index (χ3n) is 5.12. The molecular formula is C20H23FN6O2. The van der Waals surface area contributed by atoms with E-state index in [1.807, 2.05) is 13.8 Å². The third-order valence-corrected chi connectivity index (χ3v) is 5.12. The molecule has 1 atom stereocenters. The minimum atomic E-state index is -0.296. The molecule has 1 aliphatic rings. The van der Waals surface area contributed by atoms with E-state index in [2.05, 4.69) is 20.7 Å². The van der Waals surface area contributed by atoms with Gasteiger partial charge >= 0.3 is 0 Å². The van der Waals surface area contributed by atoms with Crippen LogP contribution in [0.5, 0.6) is 0 Å². The van der Waals surface area contributed by atoms with Crippen molar-refractivity contribution in [1.29, 1.82) is 0 Å². The SMILES string of the molecule is Cc1nn(-c2ccc(F)cc2)c(C)c1CNC(=O)c1cn(C[C@H]2CCCO2)nn1. The second-order valence-electron chi connectivity index (χ2n) is 7.18. The van der Waals surface area contributed by atoms with E-state index in [-0.39, 0.29) is 23.5 Å². The molecule has 3 heterocycles. The first-order chi connectivity index (χ1) is 14.0. The average molecular weight is 398 g/mol. The Balaban J connectivity index is 1.41. The first-order valence-electron chi connectivity index (χ1n) is 9.62. The van der Waals surface area contributed by atoms with E-state index < -0.39 is 0 Å². The van der Waals surface area contributed by atoms with Crippen LogP contribution in [0.25, 0.3) is 5.69 Å². The van der Waals surface area contributed by atoms with Gasteiger partial charge in [0.05, 0.1) is 30.2 Å². The van der Waals surface area contributed by atoms with Crippen molar-refractivity contribution in [3.63, 3.8) is 0 Å².